The Morgan fingerprint density at radius 3 is 2.56 bits per heavy atom. The van der Waals surface area contributed by atoms with Crippen molar-refractivity contribution in [2.45, 2.75) is 139 Å². The molecule has 13 heteroatoms. The zero-order valence-electron chi connectivity index (χ0n) is 35.1. The molecule has 5 aliphatic heterocycles. The van der Waals surface area contributed by atoms with E-state index in [4.69, 9.17) is 24.4 Å². The molecule has 1 N–H and O–H groups in total. The van der Waals surface area contributed by atoms with Gasteiger partial charge in [-0.25, -0.2) is 18.6 Å². The number of carboxylic acid groups (broad SMARTS) is 1. The van der Waals surface area contributed by atoms with Crippen molar-refractivity contribution in [3.05, 3.63) is 47.5 Å². The number of carbonyl (C=O) groups is 1. The van der Waals surface area contributed by atoms with Crippen molar-refractivity contribution < 1.29 is 28.2 Å². The number of fused-ring (bicyclic) bond motifs is 9. The highest BCUT2D eigenvalue weighted by molar-refractivity contribution is 6.90. The first kappa shape index (κ1) is 38.6. The SMILES string of the molecule is CC1Oc2nc(-c3cccc4ccc(F)c(C#C[Si](C(C)C)(C(C)C)C(C)C)c34)c(F)c3nc(OCC45CCCN4[C@@H]4C[C@@H]4C5)nc(c23)N2CC3CCC(C12)N3C(=O)O. The predicted molar refractivity (Wildman–Crippen MR) is 227 cm³/mol. The number of halogens is 2. The van der Waals surface area contributed by atoms with Crippen LogP contribution in [0.5, 0.6) is 11.9 Å². The van der Waals surface area contributed by atoms with Gasteiger partial charge in [-0.1, -0.05) is 71.7 Å². The van der Waals surface area contributed by atoms with Gasteiger partial charge >= 0.3 is 12.1 Å². The molecule has 2 aromatic carbocycles. The van der Waals surface area contributed by atoms with E-state index in [1.807, 2.05) is 19.1 Å². The number of benzene rings is 2. The van der Waals surface area contributed by atoms with Gasteiger partial charge in [0.2, 0.25) is 5.88 Å². The van der Waals surface area contributed by atoms with E-state index in [0.29, 0.717) is 82.1 Å². The van der Waals surface area contributed by atoms with Gasteiger partial charge in [-0.05, 0) is 86.0 Å². The first-order valence-electron chi connectivity index (χ1n) is 21.7. The van der Waals surface area contributed by atoms with Crippen molar-refractivity contribution in [1.29, 1.82) is 0 Å². The summed E-state index contributed by atoms with van der Waals surface area (Å²) in [4.78, 5) is 33.7. The minimum atomic E-state index is -2.28. The Hall–Kier alpha value is -4.54. The standard InChI is InChI=1S/C46H54F2N6O4Si/c1-24(2)59(25(3)4,26(5)6)19-16-31-33(47)14-12-28-10-8-11-32(36(28)31)39-38(48)40-37-42(51-44(50-40)57-23-46-17-9-18-53(46)35-20-29(35)21-46)52-22-30-13-15-34(54(30)45(55)56)41(52)27(7)58-43(37)49-39/h8,10-12,14,24-27,29-30,34-35,41H,9,13,15,17-18,20-23H2,1-7H3,(H,55,56)/t27?,29-,30?,34?,35-,41?,46?/m1/s1. The quantitative estimate of drug-likeness (QED) is 0.144. The topological polar surface area (TPSA) is 104 Å². The molecule has 2 aromatic heterocycles. The van der Waals surface area contributed by atoms with Gasteiger partial charge in [0, 0.05) is 23.5 Å². The summed E-state index contributed by atoms with van der Waals surface area (Å²) in [5, 5.41) is 11.8. The number of piperazine rings is 1. The Balaban J connectivity index is 1.16. The second-order valence-corrected chi connectivity index (χ2v) is 24.7. The minimum Gasteiger partial charge on any atom is -0.472 e. The van der Waals surface area contributed by atoms with Crippen LogP contribution in [-0.4, -0.2) is 99.5 Å². The number of piperidine rings is 1. The van der Waals surface area contributed by atoms with Crippen LogP contribution in [-0.2, 0) is 0 Å². The number of hydrogen-bond donors (Lipinski definition) is 1. The molecule has 1 saturated carbocycles. The average Bonchev–Trinajstić information content (AvgIpc) is 3.56. The van der Waals surface area contributed by atoms with Crippen LogP contribution < -0.4 is 14.4 Å². The van der Waals surface area contributed by atoms with Crippen molar-refractivity contribution in [3.8, 4) is 34.6 Å². The van der Waals surface area contributed by atoms with E-state index in [2.05, 4.69) is 62.8 Å². The van der Waals surface area contributed by atoms with E-state index in [-0.39, 0.29) is 46.3 Å². The molecule has 7 atom stereocenters. The molecule has 6 aliphatic rings. The Bertz CT molecular complexity index is 2450. The molecule has 0 radical (unpaired) electrons. The number of hydrogen-bond acceptors (Lipinski definition) is 8. The third-order valence-corrected chi connectivity index (χ3v) is 21.5. The minimum absolute atomic E-state index is 0.00722. The molecule has 10 rings (SSSR count). The van der Waals surface area contributed by atoms with E-state index in [1.54, 1.807) is 17.0 Å². The molecular weight excluding hydrogens is 767 g/mol. The van der Waals surface area contributed by atoms with Crippen molar-refractivity contribution >= 4 is 41.7 Å². The van der Waals surface area contributed by atoms with Gasteiger partial charge in [0.1, 0.15) is 49.0 Å². The molecule has 4 aromatic rings. The Kier molecular flexibility index (Phi) is 9.00. The highest BCUT2D eigenvalue weighted by Crippen LogP contribution is 2.57. The molecule has 10 nitrogen and oxygen atoms in total. The number of aromatic nitrogens is 3. The highest BCUT2D eigenvalue weighted by atomic mass is 28.3. The lowest BCUT2D eigenvalue weighted by atomic mass is 9.93. The van der Waals surface area contributed by atoms with E-state index >= 15 is 8.78 Å². The van der Waals surface area contributed by atoms with Crippen LogP contribution in [0, 0.1) is 29.0 Å². The largest absolute Gasteiger partial charge is 0.472 e. The first-order valence-corrected chi connectivity index (χ1v) is 24.0. The summed E-state index contributed by atoms with van der Waals surface area (Å²) in [5.41, 5.74) is 5.21. The molecule has 7 heterocycles. The van der Waals surface area contributed by atoms with Crippen molar-refractivity contribution in [2.24, 2.45) is 5.92 Å². The van der Waals surface area contributed by atoms with Crippen molar-refractivity contribution in [1.82, 2.24) is 24.8 Å². The van der Waals surface area contributed by atoms with Gasteiger partial charge in [-0.3, -0.25) is 9.80 Å². The molecule has 59 heavy (non-hydrogen) atoms. The maximum Gasteiger partial charge on any atom is 0.407 e. The summed E-state index contributed by atoms with van der Waals surface area (Å²) in [6.07, 6.45) is 4.37. The lowest BCUT2D eigenvalue weighted by Crippen LogP contribution is -2.64. The average molecular weight is 821 g/mol. The lowest BCUT2D eigenvalue weighted by molar-refractivity contribution is 0.0705. The van der Waals surface area contributed by atoms with E-state index < -0.39 is 37.9 Å². The van der Waals surface area contributed by atoms with Gasteiger partial charge < -0.3 is 19.5 Å². The van der Waals surface area contributed by atoms with Crippen LogP contribution in [0.15, 0.2) is 30.3 Å². The normalized spacial score (nSPS) is 28.1. The Morgan fingerprint density at radius 1 is 1.03 bits per heavy atom. The van der Waals surface area contributed by atoms with E-state index in [1.165, 1.54) is 12.5 Å². The van der Waals surface area contributed by atoms with Gasteiger partial charge in [0.05, 0.1) is 29.2 Å². The highest BCUT2D eigenvalue weighted by Gasteiger charge is 2.61. The van der Waals surface area contributed by atoms with Crippen LogP contribution in [0.2, 0.25) is 16.6 Å². The molecule has 0 spiro atoms. The molecule has 310 valence electrons. The Morgan fingerprint density at radius 2 is 1.81 bits per heavy atom. The number of amides is 1. The number of nitrogens with zero attached hydrogens (tertiary/aromatic N) is 6. The molecule has 1 aliphatic carbocycles. The third kappa shape index (κ3) is 5.71. The number of ether oxygens (including phenoxy) is 2. The van der Waals surface area contributed by atoms with E-state index in [9.17, 15) is 9.90 Å². The van der Waals surface area contributed by atoms with Gasteiger partial charge in [-0.15, -0.1) is 5.54 Å². The molecule has 5 fully saturated rings. The van der Waals surface area contributed by atoms with Crippen molar-refractivity contribution in [2.75, 3.05) is 24.6 Å². The number of pyridine rings is 1. The summed E-state index contributed by atoms with van der Waals surface area (Å²) in [5.74, 6) is 3.50. The summed E-state index contributed by atoms with van der Waals surface area (Å²) in [6.45, 7) is 17.1. The predicted octanol–water partition coefficient (Wildman–Crippen LogP) is 9.18. The van der Waals surface area contributed by atoms with Crippen LogP contribution in [0.3, 0.4) is 0 Å². The fraction of sp³-hybridized carbons (Fsp3) is 0.565. The molecule has 2 bridgehead atoms. The van der Waals surface area contributed by atoms with Gasteiger partial charge in [0.25, 0.3) is 0 Å². The van der Waals surface area contributed by atoms with Gasteiger partial charge in [0.15, 0.2) is 5.82 Å². The maximum absolute atomic E-state index is 17.8. The molecule has 1 amide bonds. The number of anilines is 1. The van der Waals surface area contributed by atoms with Crippen LogP contribution in [0.1, 0.15) is 92.6 Å². The fourth-order valence-corrected chi connectivity index (χ4v) is 17.9. The van der Waals surface area contributed by atoms with E-state index in [0.717, 1.165) is 25.8 Å². The zero-order valence-corrected chi connectivity index (χ0v) is 36.1. The fourth-order valence-electron chi connectivity index (χ4n) is 12.7. The maximum atomic E-state index is 17.8. The molecular formula is C46H54F2N6O4Si. The lowest BCUT2D eigenvalue weighted by Gasteiger charge is -2.47. The summed E-state index contributed by atoms with van der Waals surface area (Å²) < 4.78 is 47.4. The Labute approximate surface area is 345 Å². The van der Waals surface area contributed by atoms with Crippen LogP contribution in [0.25, 0.3) is 32.9 Å². The van der Waals surface area contributed by atoms with Crippen LogP contribution >= 0.6 is 0 Å². The summed E-state index contributed by atoms with van der Waals surface area (Å²) in [7, 11) is -2.28. The van der Waals surface area contributed by atoms with Gasteiger partial charge in [-0.2, -0.15) is 9.97 Å². The zero-order chi connectivity index (χ0) is 41.3. The second-order valence-electron chi connectivity index (χ2n) is 19.1. The smallest absolute Gasteiger partial charge is 0.407 e. The van der Waals surface area contributed by atoms with Crippen molar-refractivity contribution in [3.63, 3.8) is 0 Å². The summed E-state index contributed by atoms with van der Waals surface area (Å²) >= 11 is 0. The van der Waals surface area contributed by atoms with Crippen LogP contribution in [0.4, 0.5) is 19.4 Å². The molecule has 5 unspecified atom stereocenters. The first-order chi connectivity index (χ1) is 28.2. The second kappa shape index (κ2) is 13.7. The molecule has 4 saturated heterocycles. The number of rotatable bonds is 7. The third-order valence-electron chi connectivity index (χ3n) is 15.3. The summed E-state index contributed by atoms with van der Waals surface area (Å²) in [6, 6.07) is 8.30. The monoisotopic (exact) mass is 820 g/mol.